The summed E-state index contributed by atoms with van der Waals surface area (Å²) in [6.45, 7) is 3.34. The number of likely N-dealkylation sites (N-methyl/N-ethyl adjacent to an activating group) is 1. The van der Waals surface area contributed by atoms with Gasteiger partial charge in [0.15, 0.2) is 5.96 Å². The van der Waals surface area contributed by atoms with Crippen molar-refractivity contribution >= 4 is 5.96 Å². The zero-order valence-electron chi connectivity index (χ0n) is 17.0. The van der Waals surface area contributed by atoms with Crippen molar-refractivity contribution in [1.29, 1.82) is 0 Å². The molecule has 0 spiro atoms. The second-order valence-electron chi connectivity index (χ2n) is 6.51. The summed E-state index contributed by atoms with van der Waals surface area (Å²) in [5.74, 6) is 1.32. The van der Waals surface area contributed by atoms with Gasteiger partial charge in [0.1, 0.15) is 5.75 Å². The number of aliphatic imine (C=N–C) groups is 1. The minimum Gasteiger partial charge on any atom is -0.493 e. The number of guanidine groups is 1. The second kappa shape index (κ2) is 12.5. The molecule has 0 fully saturated rings. The fourth-order valence-corrected chi connectivity index (χ4v) is 2.48. The van der Waals surface area contributed by atoms with Crippen molar-refractivity contribution in [2.75, 3.05) is 54.1 Å². The predicted molar refractivity (Wildman–Crippen MR) is 105 cm³/mol. The molecule has 0 aliphatic carbocycles. The van der Waals surface area contributed by atoms with Gasteiger partial charge < -0.3 is 20.1 Å². The molecule has 0 bridgehead atoms. The van der Waals surface area contributed by atoms with E-state index in [-0.39, 0.29) is 6.54 Å². The van der Waals surface area contributed by atoms with Crippen LogP contribution in [0.15, 0.2) is 23.2 Å². The first-order valence-corrected chi connectivity index (χ1v) is 9.16. The van der Waals surface area contributed by atoms with Crippen LogP contribution in [0.3, 0.4) is 0 Å². The lowest BCUT2D eigenvalue weighted by atomic mass is 10.1. The normalized spacial score (nSPS) is 12.4. The summed E-state index contributed by atoms with van der Waals surface area (Å²) in [6.07, 6.45) is -3.40. The van der Waals surface area contributed by atoms with Crippen LogP contribution in [0, 0.1) is 6.92 Å². The molecular weight excluding hydrogens is 373 g/mol. The van der Waals surface area contributed by atoms with Gasteiger partial charge in [0.25, 0.3) is 0 Å². The van der Waals surface area contributed by atoms with E-state index in [1.807, 2.05) is 25.1 Å². The zero-order valence-corrected chi connectivity index (χ0v) is 17.0. The first-order chi connectivity index (χ1) is 13.2. The van der Waals surface area contributed by atoms with Crippen molar-refractivity contribution < 1.29 is 22.6 Å². The van der Waals surface area contributed by atoms with Gasteiger partial charge in [0.2, 0.25) is 0 Å². The molecule has 0 saturated carbocycles. The van der Waals surface area contributed by atoms with E-state index in [9.17, 15) is 13.2 Å². The highest BCUT2D eigenvalue weighted by atomic mass is 19.4. The molecule has 0 heterocycles. The Kier molecular flexibility index (Phi) is 10.7. The molecule has 160 valence electrons. The number of halogens is 3. The second-order valence-corrected chi connectivity index (χ2v) is 6.51. The maximum atomic E-state index is 12.3. The van der Waals surface area contributed by atoms with Crippen LogP contribution in [0.4, 0.5) is 13.2 Å². The molecule has 0 aliphatic heterocycles. The largest absolute Gasteiger partial charge is 0.493 e. The Hall–Kier alpha value is -2.00. The van der Waals surface area contributed by atoms with Crippen molar-refractivity contribution in [2.24, 2.45) is 4.99 Å². The Balaban J connectivity index is 2.50. The highest BCUT2D eigenvalue weighted by Gasteiger charge is 2.28. The minimum atomic E-state index is -4.19. The van der Waals surface area contributed by atoms with E-state index in [1.54, 1.807) is 14.2 Å². The highest BCUT2D eigenvalue weighted by Crippen LogP contribution is 2.20. The Morgan fingerprint density at radius 3 is 2.61 bits per heavy atom. The third-order valence-corrected chi connectivity index (χ3v) is 3.88. The Morgan fingerprint density at radius 1 is 1.21 bits per heavy atom. The number of alkyl halides is 3. The van der Waals surface area contributed by atoms with E-state index < -0.39 is 12.7 Å². The number of hydrogen-bond acceptors (Lipinski definition) is 4. The van der Waals surface area contributed by atoms with Gasteiger partial charge >= 0.3 is 6.18 Å². The van der Waals surface area contributed by atoms with Gasteiger partial charge in [0, 0.05) is 52.4 Å². The van der Waals surface area contributed by atoms with Crippen molar-refractivity contribution in [2.45, 2.75) is 26.1 Å². The van der Waals surface area contributed by atoms with E-state index >= 15 is 0 Å². The van der Waals surface area contributed by atoms with Gasteiger partial charge in [-0.1, -0.05) is 12.1 Å². The number of nitrogens with one attached hydrogen (secondary N) is 2. The standard InChI is InChI=1S/C19H31F3N4O2/c1-15-6-7-16(17(12-15)28-11-5-10-27-4)13-25-18(23-2)24-8-9-26(3)14-19(20,21)22/h6-7,12H,5,8-11,13-14H2,1-4H3,(H2,23,24,25). The molecule has 1 rings (SSSR count). The van der Waals surface area contributed by atoms with Crippen LogP contribution in [-0.4, -0.2) is 71.1 Å². The van der Waals surface area contributed by atoms with Crippen LogP contribution >= 0.6 is 0 Å². The van der Waals surface area contributed by atoms with Crippen molar-refractivity contribution in [3.05, 3.63) is 29.3 Å². The predicted octanol–water partition coefficient (Wildman–Crippen LogP) is 2.57. The maximum absolute atomic E-state index is 12.3. The van der Waals surface area contributed by atoms with Crippen LogP contribution in [-0.2, 0) is 11.3 Å². The average Bonchev–Trinajstić information content (AvgIpc) is 2.61. The Labute approximate surface area is 165 Å². The van der Waals surface area contributed by atoms with Gasteiger partial charge in [-0.05, 0) is 25.6 Å². The van der Waals surface area contributed by atoms with E-state index in [0.29, 0.717) is 32.3 Å². The SMILES string of the molecule is CN=C(NCCN(C)CC(F)(F)F)NCc1ccc(C)cc1OCCCOC. The fourth-order valence-electron chi connectivity index (χ4n) is 2.48. The topological polar surface area (TPSA) is 58.1 Å². The average molecular weight is 404 g/mol. The highest BCUT2D eigenvalue weighted by molar-refractivity contribution is 5.79. The summed E-state index contributed by atoms with van der Waals surface area (Å²) < 4.78 is 47.9. The van der Waals surface area contributed by atoms with Gasteiger partial charge in [-0.15, -0.1) is 0 Å². The van der Waals surface area contributed by atoms with Gasteiger partial charge in [0.05, 0.1) is 13.2 Å². The molecule has 0 atom stereocenters. The smallest absolute Gasteiger partial charge is 0.401 e. The zero-order chi connectivity index (χ0) is 21.0. The van der Waals surface area contributed by atoms with E-state index in [2.05, 4.69) is 15.6 Å². The van der Waals surface area contributed by atoms with Crippen LogP contribution in [0.1, 0.15) is 17.5 Å². The molecule has 0 aromatic heterocycles. The minimum absolute atomic E-state index is 0.249. The number of rotatable bonds is 11. The van der Waals surface area contributed by atoms with Crippen molar-refractivity contribution in [3.63, 3.8) is 0 Å². The Morgan fingerprint density at radius 2 is 1.96 bits per heavy atom. The first-order valence-electron chi connectivity index (χ1n) is 9.16. The molecule has 2 N–H and O–H groups in total. The fraction of sp³-hybridized carbons (Fsp3) is 0.632. The van der Waals surface area contributed by atoms with Crippen molar-refractivity contribution in [3.8, 4) is 5.75 Å². The summed E-state index contributed by atoms with van der Waals surface area (Å²) in [7, 11) is 4.71. The number of methoxy groups -OCH3 is 1. The van der Waals surface area contributed by atoms with Crippen LogP contribution in [0.5, 0.6) is 5.75 Å². The molecule has 1 aromatic carbocycles. The van der Waals surface area contributed by atoms with Crippen LogP contribution in [0.2, 0.25) is 0 Å². The summed E-state index contributed by atoms with van der Waals surface area (Å²) in [5, 5.41) is 6.18. The monoisotopic (exact) mass is 404 g/mol. The van der Waals surface area contributed by atoms with Crippen molar-refractivity contribution in [1.82, 2.24) is 15.5 Å². The van der Waals surface area contributed by atoms with E-state index in [1.165, 1.54) is 11.9 Å². The molecular formula is C19H31F3N4O2. The number of benzene rings is 1. The van der Waals surface area contributed by atoms with E-state index in [4.69, 9.17) is 9.47 Å². The lowest BCUT2D eigenvalue weighted by Crippen LogP contribution is -2.42. The summed E-state index contributed by atoms with van der Waals surface area (Å²) in [4.78, 5) is 5.32. The summed E-state index contributed by atoms with van der Waals surface area (Å²) in [6, 6.07) is 5.96. The molecule has 0 radical (unpaired) electrons. The van der Waals surface area contributed by atoms with Gasteiger partial charge in [-0.25, -0.2) is 0 Å². The lowest BCUT2D eigenvalue weighted by Gasteiger charge is -2.20. The van der Waals surface area contributed by atoms with E-state index in [0.717, 1.165) is 23.3 Å². The number of nitrogens with zero attached hydrogens (tertiary/aromatic N) is 2. The first kappa shape index (κ1) is 24.0. The molecule has 9 heteroatoms. The molecule has 1 aromatic rings. The van der Waals surface area contributed by atoms with Crippen LogP contribution < -0.4 is 15.4 Å². The summed E-state index contributed by atoms with van der Waals surface area (Å²) >= 11 is 0. The molecule has 0 saturated heterocycles. The third-order valence-electron chi connectivity index (χ3n) is 3.88. The van der Waals surface area contributed by atoms with Crippen LogP contribution in [0.25, 0.3) is 0 Å². The Bertz CT molecular complexity index is 609. The quantitative estimate of drug-likeness (QED) is 0.337. The number of hydrogen-bond donors (Lipinski definition) is 2. The maximum Gasteiger partial charge on any atom is 0.401 e. The molecule has 0 amide bonds. The summed E-state index contributed by atoms with van der Waals surface area (Å²) in [5.41, 5.74) is 2.07. The lowest BCUT2D eigenvalue weighted by molar-refractivity contribution is -0.142. The molecule has 0 unspecified atom stereocenters. The van der Waals surface area contributed by atoms with Gasteiger partial charge in [-0.3, -0.25) is 9.89 Å². The molecule has 28 heavy (non-hydrogen) atoms. The number of ether oxygens (including phenoxy) is 2. The number of aryl methyl sites for hydroxylation is 1. The third kappa shape index (κ3) is 10.4. The molecule has 6 nitrogen and oxygen atoms in total. The van der Waals surface area contributed by atoms with Gasteiger partial charge in [-0.2, -0.15) is 13.2 Å². The molecule has 0 aliphatic rings.